The van der Waals surface area contributed by atoms with Crippen LogP contribution in [-0.2, 0) is 9.53 Å². The molecule has 2 amide bonds. The fourth-order valence-corrected chi connectivity index (χ4v) is 2.43. The molecule has 7 heteroatoms. The number of hydrogen-bond donors (Lipinski definition) is 3. The second-order valence-electron chi connectivity index (χ2n) is 5.28. The van der Waals surface area contributed by atoms with Crippen molar-refractivity contribution < 1.29 is 14.3 Å². The average molecular weight is 335 g/mol. The topological polar surface area (TPSA) is 79.5 Å². The van der Waals surface area contributed by atoms with Gasteiger partial charge < -0.3 is 20.7 Å². The molecule has 1 heterocycles. The van der Waals surface area contributed by atoms with E-state index in [-0.39, 0.29) is 23.0 Å². The van der Waals surface area contributed by atoms with Gasteiger partial charge in [-0.3, -0.25) is 9.59 Å². The van der Waals surface area contributed by atoms with Gasteiger partial charge in [0, 0.05) is 30.8 Å². The van der Waals surface area contributed by atoms with Gasteiger partial charge in [0.05, 0.1) is 6.10 Å². The quantitative estimate of drug-likeness (QED) is 0.715. The Morgan fingerprint density at radius 3 is 2.65 bits per heavy atom. The lowest BCUT2D eigenvalue weighted by atomic mass is 10.2. The van der Waals surface area contributed by atoms with Gasteiger partial charge in [-0.05, 0) is 49.3 Å². The zero-order chi connectivity index (χ0) is 16.7. The third-order valence-corrected chi connectivity index (χ3v) is 3.70. The number of carbonyl (C=O) groups is 2. The Labute approximate surface area is 141 Å². The Morgan fingerprint density at radius 1 is 1.30 bits per heavy atom. The highest BCUT2D eigenvalue weighted by Gasteiger charge is 2.16. The van der Waals surface area contributed by atoms with Gasteiger partial charge in [-0.2, -0.15) is 0 Å². The van der Waals surface area contributed by atoms with Crippen LogP contribution in [0.5, 0.6) is 0 Å². The molecule has 6 nitrogen and oxygen atoms in total. The fraction of sp³-hybridized carbons (Fsp3) is 0.438. The van der Waals surface area contributed by atoms with Gasteiger partial charge in [-0.1, -0.05) is 6.92 Å². The summed E-state index contributed by atoms with van der Waals surface area (Å²) in [6, 6.07) is 6.89. The van der Waals surface area contributed by atoms with E-state index in [2.05, 4.69) is 16.0 Å². The third-order valence-electron chi connectivity index (χ3n) is 3.49. The molecule has 0 aliphatic carbocycles. The molecule has 1 atom stereocenters. The van der Waals surface area contributed by atoms with Crippen LogP contribution < -0.4 is 16.0 Å². The van der Waals surface area contributed by atoms with Gasteiger partial charge in [0.25, 0.3) is 5.91 Å². The zero-order valence-electron chi connectivity index (χ0n) is 13.1. The number of hydrogen-bond acceptors (Lipinski definition) is 4. The maximum atomic E-state index is 12.0. The minimum absolute atomic E-state index is 0.124. The van der Waals surface area contributed by atoms with Crippen LogP contribution in [0.1, 0.15) is 36.5 Å². The van der Waals surface area contributed by atoms with Gasteiger partial charge in [-0.25, -0.2) is 0 Å². The Balaban J connectivity index is 1.82. The SMILES string of the molecule is CCC(=O)NC(=S)Nc1ccc(C(=O)NC[C@@H]2CCCO2)cc1. The van der Waals surface area contributed by atoms with Crippen molar-refractivity contribution in [1.29, 1.82) is 0 Å². The number of anilines is 1. The van der Waals surface area contributed by atoms with E-state index < -0.39 is 0 Å². The van der Waals surface area contributed by atoms with E-state index in [4.69, 9.17) is 17.0 Å². The van der Waals surface area contributed by atoms with Crippen molar-refractivity contribution in [2.75, 3.05) is 18.5 Å². The summed E-state index contributed by atoms with van der Waals surface area (Å²) in [5.74, 6) is -0.276. The molecule has 1 aromatic carbocycles. The van der Waals surface area contributed by atoms with E-state index >= 15 is 0 Å². The summed E-state index contributed by atoms with van der Waals surface area (Å²) < 4.78 is 5.47. The molecular weight excluding hydrogens is 314 g/mol. The Bertz CT molecular complexity index is 568. The standard InChI is InChI=1S/C16H21N3O3S/c1-2-14(20)19-16(23)18-12-7-5-11(6-8-12)15(21)17-10-13-4-3-9-22-13/h5-8,13H,2-4,9-10H2,1H3,(H,17,21)(H2,18,19,20,23)/t13-/m0/s1. The summed E-state index contributed by atoms with van der Waals surface area (Å²) >= 11 is 5.03. The summed E-state index contributed by atoms with van der Waals surface area (Å²) in [5, 5.41) is 8.56. The number of rotatable bonds is 5. The fourth-order valence-electron chi connectivity index (χ4n) is 2.20. The minimum atomic E-state index is -0.146. The highest BCUT2D eigenvalue weighted by Crippen LogP contribution is 2.12. The van der Waals surface area contributed by atoms with Crippen LogP contribution >= 0.6 is 12.2 Å². The van der Waals surface area contributed by atoms with Crippen molar-refractivity contribution in [3.05, 3.63) is 29.8 Å². The van der Waals surface area contributed by atoms with Gasteiger partial charge in [0.15, 0.2) is 5.11 Å². The predicted octanol–water partition coefficient (Wildman–Crippen LogP) is 1.82. The van der Waals surface area contributed by atoms with Crippen molar-refractivity contribution in [2.24, 2.45) is 0 Å². The van der Waals surface area contributed by atoms with E-state index in [9.17, 15) is 9.59 Å². The first-order chi connectivity index (χ1) is 11.1. The Morgan fingerprint density at radius 2 is 2.04 bits per heavy atom. The summed E-state index contributed by atoms with van der Waals surface area (Å²) in [4.78, 5) is 23.3. The van der Waals surface area contributed by atoms with Crippen LogP contribution in [0.25, 0.3) is 0 Å². The van der Waals surface area contributed by atoms with E-state index in [1.54, 1.807) is 31.2 Å². The first-order valence-electron chi connectivity index (χ1n) is 7.69. The zero-order valence-corrected chi connectivity index (χ0v) is 13.9. The van der Waals surface area contributed by atoms with Crippen molar-refractivity contribution in [3.63, 3.8) is 0 Å². The van der Waals surface area contributed by atoms with E-state index in [0.29, 0.717) is 24.2 Å². The largest absolute Gasteiger partial charge is 0.376 e. The molecule has 0 spiro atoms. The lowest BCUT2D eigenvalue weighted by molar-refractivity contribution is -0.119. The number of thiocarbonyl (C=S) groups is 1. The van der Waals surface area contributed by atoms with Gasteiger partial charge >= 0.3 is 0 Å². The molecule has 0 saturated carbocycles. The second-order valence-corrected chi connectivity index (χ2v) is 5.69. The maximum absolute atomic E-state index is 12.0. The minimum Gasteiger partial charge on any atom is -0.376 e. The van der Waals surface area contributed by atoms with Crippen LogP contribution in [0.15, 0.2) is 24.3 Å². The Hall–Kier alpha value is -1.99. The number of amides is 2. The number of benzene rings is 1. The van der Waals surface area contributed by atoms with Crippen LogP contribution in [0.2, 0.25) is 0 Å². The molecule has 1 fully saturated rings. The molecule has 124 valence electrons. The van der Waals surface area contributed by atoms with Crippen molar-refractivity contribution >= 4 is 34.8 Å². The maximum Gasteiger partial charge on any atom is 0.251 e. The summed E-state index contributed by atoms with van der Waals surface area (Å²) in [6.07, 6.45) is 2.53. The summed E-state index contributed by atoms with van der Waals surface area (Å²) in [5.41, 5.74) is 1.28. The van der Waals surface area contributed by atoms with E-state index in [1.165, 1.54) is 0 Å². The molecule has 0 bridgehead atoms. The lowest BCUT2D eigenvalue weighted by Crippen LogP contribution is -2.33. The first kappa shape index (κ1) is 17.4. The van der Waals surface area contributed by atoms with Crippen molar-refractivity contribution in [2.45, 2.75) is 32.3 Å². The summed E-state index contributed by atoms with van der Waals surface area (Å²) in [7, 11) is 0. The number of carbonyl (C=O) groups excluding carboxylic acids is 2. The predicted molar refractivity (Wildman–Crippen MR) is 92.4 cm³/mol. The molecule has 0 aromatic heterocycles. The Kier molecular flexibility index (Phi) is 6.49. The highest BCUT2D eigenvalue weighted by molar-refractivity contribution is 7.80. The van der Waals surface area contributed by atoms with Gasteiger partial charge in [0.2, 0.25) is 5.91 Å². The molecule has 1 aliphatic heterocycles. The van der Waals surface area contributed by atoms with Gasteiger partial charge in [-0.15, -0.1) is 0 Å². The number of ether oxygens (including phenoxy) is 1. The van der Waals surface area contributed by atoms with E-state index in [1.807, 2.05) is 0 Å². The number of nitrogens with one attached hydrogen (secondary N) is 3. The third kappa shape index (κ3) is 5.61. The molecule has 1 aliphatic rings. The van der Waals surface area contributed by atoms with E-state index in [0.717, 1.165) is 19.4 Å². The molecule has 23 heavy (non-hydrogen) atoms. The molecule has 0 unspecified atom stereocenters. The monoisotopic (exact) mass is 335 g/mol. The average Bonchev–Trinajstić information content (AvgIpc) is 3.06. The van der Waals surface area contributed by atoms with Crippen LogP contribution in [-0.4, -0.2) is 36.2 Å². The smallest absolute Gasteiger partial charge is 0.251 e. The molecular formula is C16H21N3O3S. The molecule has 0 radical (unpaired) electrons. The second kappa shape index (κ2) is 8.59. The molecule has 3 N–H and O–H groups in total. The molecule has 2 rings (SSSR count). The van der Waals surface area contributed by atoms with Crippen LogP contribution in [0.4, 0.5) is 5.69 Å². The normalized spacial score (nSPS) is 16.7. The van der Waals surface area contributed by atoms with Gasteiger partial charge in [0.1, 0.15) is 0 Å². The lowest BCUT2D eigenvalue weighted by Gasteiger charge is -2.12. The highest BCUT2D eigenvalue weighted by atomic mass is 32.1. The van der Waals surface area contributed by atoms with Crippen molar-refractivity contribution in [1.82, 2.24) is 10.6 Å². The summed E-state index contributed by atoms with van der Waals surface area (Å²) in [6.45, 7) is 3.06. The van der Waals surface area contributed by atoms with Crippen LogP contribution in [0, 0.1) is 0 Å². The van der Waals surface area contributed by atoms with Crippen LogP contribution in [0.3, 0.4) is 0 Å². The first-order valence-corrected chi connectivity index (χ1v) is 8.10. The molecule has 1 aromatic rings. The molecule has 1 saturated heterocycles. The van der Waals surface area contributed by atoms with Crippen molar-refractivity contribution in [3.8, 4) is 0 Å².